The first-order valence-corrected chi connectivity index (χ1v) is 7.42. The summed E-state index contributed by atoms with van der Waals surface area (Å²) in [4.78, 5) is 30.8. The third-order valence-electron chi connectivity index (χ3n) is 4.43. The molecule has 0 spiro atoms. The second-order valence-corrected chi connectivity index (χ2v) is 5.96. The van der Waals surface area contributed by atoms with Crippen molar-refractivity contribution < 1.29 is 9.59 Å². The van der Waals surface area contributed by atoms with Crippen LogP contribution < -0.4 is 9.80 Å². The van der Waals surface area contributed by atoms with E-state index in [9.17, 15) is 9.59 Å². The molecular weight excluding hydrogens is 266 g/mol. The van der Waals surface area contributed by atoms with Gasteiger partial charge in [0.15, 0.2) is 0 Å². The molecule has 0 saturated carbocycles. The van der Waals surface area contributed by atoms with Crippen molar-refractivity contribution in [1.29, 1.82) is 0 Å². The van der Waals surface area contributed by atoms with E-state index in [4.69, 9.17) is 0 Å². The zero-order chi connectivity index (χ0) is 15.1. The molecule has 0 N–H and O–H groups in total. The molecule has 2 amide bonds. The number of piperazine rings is 1. The first kappa shape index (κ1) is 13.9. The predicted octanol–water partition coefficient (Wildman–Crippen LogP) is 1.48. The van der Waals surface area contributed by atoms with Crippen LogP contribution in [0.25, 0.3) is 0 Å². The standard InChI is InChI=1S/C16H21N3O2/c1-11-15(20)18-10-6-9-14(18)16(21)19(11)13-8-5-4-7-12(13)17(2)3/h4-5,7-8,11,14H,6,9-10H2,1-3H3. The molecule has 2 aliphatic heterocycles. The van der Waals surface area contributed by atoms with Crippen molar-refractivity contribution in [2.45, 2.75) is 31.8 Å². The molecule has 112 valence electrons. The molecule has 5 heteroatoms. The maximum atomic E-state index is 12.9. The van der Waals surface area contributed by atoms with Gasteiger partial charge in [0.05, 0.1) is 11.4 Å². The van der Waals surface area contributed by atoms with E-state index >= 15 is 0 Å². The Hall–Kier alpha value is -2.04. The lowest BCUT2D eigenvalue weighted by Gasteiger charge is -2.41. The number of anilines is 2. The fourth-order valence-electron chi connectivity index (χ4n) is 3.36. The molecule has 21 heavy (non-hydrogen) atoms. The zero-order valence-electron chi connectivity index (χ0n) is 12.7. The van der Waals surface area contributed by atoms with Gasteiger partial charge in [0.25, 0.3) is 5.91 Å². The smallest absolute Gasteiger partial charge is 0.250 e. The number of benzene rings is 1. The van der Waals surface area contributed by atoms with Crippen LogP contribution in [0, 0.1) is 0 Å². The van der Waals surface area contributed by atoms with Gasteiger partial charge in [-0.2, -0.15) is 0 Å². The minimum Gasteiger partial charge on any atom is -0.376 e. The molecule has 2 fully saturated rings. The Bertz CT molecular complexity index is 585. The summed E-state index contributed by atoms with van der Waals surface area (Å²) in [6.07, 6.45) is 1.69. The summed E-state index contributed by atoms with van der Waals surface area (Å²) in [6.45, 7) is 2.53. The van der Waals surface area contributed by atoms with E-state index in [1.807, 2.05) is 50.2 Å². The van der Waals surface area contributed by atoms with Crippen LogP contribution in [-0.2, 0) is 9.59 Å². The third-order valence-corrected chi connectivity index (χ3v) is 4.43. The van der Waals surface area contributed by atoms with Gasteiger partial charge in [0.1, 0.15) is 12.1 Å². The van der Waals surface area contributed by atoms with Gasteiger partial charge in [-0.05, 0) is 31.9 Å². The average molecular weight is 287 g/mol. The van der Waals surface area contributed by atoms with Gasteiger partial charge in [0, 0.05) is 20.6 Å². The maximum Gasteiger partial charge on any atom is 0.250 e. The van der Waals surface area contributed by atoms with Gasteiger partial charge in [-0.15, -0.1) is 0 Å². The predicted molar refractivity (Wildman–Crippen MR) is 82.5 cm³/mol. The lowest BCUT2D eigenvalue weighted by molar-refractivity contribution is -0.143. The van der Waals surface area contributed by atoms with Crippen molar-refractivity contribution in [3.8, 4) is 0 Å². The quantitative estimate of drug-likeness (QED) is 0.827. The molecule has 1 aromatic carbocycles. The van der Waals surface area contributed by atoms with E-state index in [0.717, 1.165) is 24.2 Å². The number of amides is 2. The summed E-state index contributed by atoms with van der Waals surface area (Å²) >= 11 is 0. The molecule has 1 aromatic rings. The van der Waals surface area contributed by atoms with Crippen LogP contribution in [0.1, 0.15) is 19.8 Å². The third kappa shape index (κ3) is 2.07. The van der Waals surface area contributed by atoms with Crippen molar-refractivity contribution in [3.05, 3.63) is 24.3 Å². The molecule has 2 saturated heterocycles. The summed E-state index contributed by atoms with van der Waals surface area (Å²) in [6, 6.07) is 7.04. The van der Waals surface area contributed by atoms with Crippen LogP contribution in [0.5, 0.6) is 0 Å². The molecule has 0 aromatic heterocycles. The van der Waals surface area contributed by atoms with E-state index in [1.54, 1.807) is 9.80 Å². The SMILES string of the molecule is CC1C(=O)N2CCCC2C(=O)N1c1ccccc1N(C)C. The zero-order valence-corrected chi connectivity index (χ0v) is 12.7. The Morgan fingerprint density at radius 1 is 1.14 bits per heavy atom. The highest BCUT2D eigenvalue weighted by Gasteiger charge is 2.46. The second-order valence-electron chi connectivity index (χ2n) is 5.96. The number of rotatable bonds is 2. The van der Waals surface area contributed by atoms with E-state index in [-0.39, 0.29) is 17.9 Å². The van der Waals surface area contributed by atoms with Crippen molar-refractivity contribution in [1.82, 2.24) is 4.90 Å². The van der Waals surface area contributed by atoms with Crippen LogP contribution >= 0.6 is 0 Å². The Labute approximate surface area is 125 Å². The summed E-state index contributed by atoms with van der Waals surface area (Å²) < 4.78 is 0. The summed E-state index contributed by atoms with van der Waals surface area (Å²) in [7, 11) is 3.89. The molecule has 0 aliphatic carbocycles. The molecule has 3 rings (SSSR count). The number of para-hydroxylation sites is 2. The Morgan fingerprint density at radius 3 is 2.57 bits per heavy atom. The summed E-state index contributed by atoms with van der Waals surface area (Å²) in [5, 5.41) is 0. The van der Waals surface area contributed by atoms with Gasteiger partial charge in [0.2, 0.25) is 5.91 Å². The van der Waals surface area contributed by atoms with Crippen molar-refractivity contribution >= 4 is 23.2 Å². The normalized spacial score (nSPS) is 25.3. The molecule has 5 nitrogen and oxygen atoms in total. The van der Waals surface area contributed by atoms with Crippen molar-refractivity contribution in [2.75, 3.05) is 30.4 Å². The van der Waals surface area contributed by atoms with Gasteiger partial charge in [-0.3, -0.25) is 14.5 Å². The van der Waals surface area contributed by atoms with E-state index in [0.29, 0.717) is 6.54 Å². The number of carbonyl (C=O) groups excluding carboxylic acids is 2. The van der Waals surface area contributed by atoms with Crippen LogP contribution in [-0.4, -0.2) is 49.4 Å². The highest BCUT2D eigenvalue weighted by atomic mass is 16.2. The fraction of sp³-hybridized carbons (Fsp3) is 0.500. The molecule has 2 atom stereocenters. The van der Waals surface area contributed by atoms with Crippen LogP contribution in [0.15, 0.2) is 24.3 Å². The summed E-state index contributed by atoms with van der Waals surface area (Å²) in [5.74, 6) is 0.111. The molecule has 2 aliphatic rings. The first-order valence-electron chi connectivity index (χ1n) is 7.42. The summed E-state index contributed by atoms with van der Waals surface area (Å²) in [5.41, 5.74) is 1.77. The van der Waals surface area contributed by atoms with Crippen molar-refractivity contribution in [2.24, 2.45) is 0 Å². The molecule has 0 radical (unpaired) electrons. The highest BCUT2D eigenvalue weighted by Crippen LogP contribution is 2.35. The number of fused-ring (bicyclic) bond motifs is 1. The lowest BCUT2D eigenvalue weighted by Crippen LogP contribution is -2.62. The van der Waals surface area contributed by atoms with E-state index in [2.05, 4.69) is 0 Å². The second kappa shape index (κ2) is 5.06. The lowest BCUT2D eigenvalue weighted by atomic mass is 10.0. The van der Waals surface area contributed by atoms with E-state index in [1.165, 1.54) is 0 Å². The van der Waals surface area contributed by atoms with Gasteiger partial charge < -0.3 is 9.80 Å². The highest BCUT2D eigenvalue weighted by molar-refractivity contribution is 6.10. The van der Waals surface area contributed by atoms with Gasteiger partial charge in [-0.1, -0.05) is 12.1 Å². The topological polar surface area (TPSA) is 43.9 Å². The fourth-order valence-corrected chi connectivity index (χ4v) is 3.36. The Kier molecular flexibility index (Phi) is 3.35. The molecule has 2 unspecified atom stereocenters. The maximum absolute atomic E-state index is 12.9. The Morgan fingerprint density at radius 2 is 1.86 bits per heavy atom. The molecule has 0 bridgehead atoms. The van der Waals surface area contributed by atoms with Gasteiger partial charge in [-0.25, -0.2) is 0 Å². The van der Waals surface area contributed by atoms with E-state index < -0.39 is 6.04 Å². The van der Waals surface area contributed by atoms with Gasteiger partial charge >= 0.3 is 0 Å². The van der Waals surface area contributed by atoms with Crippen LogP contribution in [0.4, 0.5) is 11.4 Å². The number of nitrogens with zero attached hydrogens (tertiary/aromatic N) is 3. The molecule has 2 heterocycles. The number of carbonyl (C=O) groups is 2. The minimum atomic E-state index is -0.437. The average Bonchev–Trinajstić information content (AvgIpc) is 2.95. The number of hydrogen-bond acceptors (Lipinski definition) is 3. The van der Waals surface area contributed by atoms with Crippen LogP contribution in [0.2, 0.25) is 0 Å². The first-order chi connectivity index (χ1) is 10.0. The van der Waals surface area contributed by atoms with Crippen molar-refractivity contribution in [3.63, 3.8) is 0 Å². The molecular formula is C16H21N3O2. The largest absolute Gasteiger partial charge is 0.376 e. The Balaban J connectivity index is 2.05. The monoisotopic (exact) mass is 287 g/mol. The minimum absolute atomic E-state index is 0.0499. The number of hydrogen-bond donors (Lipinski definition) is 0. The van der Waals surface area contributed by atoms with Crippen LogP contribution in [0.3, 0.4) is 0 Å².